The van der Waals surface area contributed by atoms with Crippen molar-refractivity contribution in [3.05, 3.63) is 98.8 Å². The summed E-state index contributed by atoms with van der Waals surface area (Å²) in [4.78, 5) is 50.8. The fourth-order valence-corrected chi connectivity index (χ4v) is 4.08. The molecule has 0 radical (unpaired) electrons. The van der Waals surface area contributed by atoms with Crippen molar-refractivity contribution >= 4 is 58.8 Å². The Morgan fingerprint density at radius 3 is 2.43 bits per heavy atom. The van der Waals surface area contributed by atoms with E-state index in [9.17, 15) is 23.6 Å². The van der Waals surface area contributed by atoms with Gasteiger partial charge in [0.1, 0.15) is 23.7 Å². The summed E-state index contributed by atoms with van der Waals surface area (Å²) < 4.78 is 24.4. The minimum atomic E-state index is -0.974. The molecule has 0 spiro atoms. The maximum atomic E-state index is 14.1. The monoisotopic (exact) mass is 542 g/mol. The molecular formula is C26H17Cl2FN2O6. The van der Waals surface area contributed by atoms with Gasteiger partial charge in [0.2, 0.25) is 0 Å². The number of benzene rings is 3. The van der Waals surface area contributed by atoms with Gasteiger partial charge in [-0.1, -0.05) is 41.4 Å². The highest BCUT2D eigenvalue weighted by Gasteiger charge is 2.37. The van der Waals surface area contributed by atoms with E-state index >= 15 is 0 Å². The van der Waals surface area contributed by atoms with Gasteiger partial charge in [0.15, 0.2) is 0 Å². The molecule has 37 heavy (non-hydrogen) atoms. The Labute approximate surface area is 220 Å². The summed E-state index contributed by atoms with van der Waals surface area (Å²) in [5.41, 5.74) is 0.307. The molecule has 0 atom stereocenters. The number of carbonyl (C=O) groups excluding carboxylic acids is 4. The normalized spacial score (nSPS) is 14.5. The fraction of sp³-hybridized carbons (Fsp3) is 0.0769. The van der Waals surface area contributed by atoms with Crippen LogP contribution in [0.2, 0.25) is 10.0 Å². The minimum absolute atomic E-state index is 0.0494. The van der Waals surface area contributed by atoms with Crippen molar-refractivity contribution in [1.82, 2.24) is 5.32 Å². The van der Waals surface area contributed by atoms with Crippen LogP contribution in [0.3, 0.4) is 0 Å². The number of nitrogens with one attached hydrogen (secondary N) is 1. The van der Waals surface area contributed by atoms with Gasteiger partial charge in [-0.25, -0.2) is 18.9 Å². The molecule has 4 rings (SSSR count). The number of ether oxygens (including phenoxy) is 2. The van der Waals surface area contributed by atoms with E-state index in [-0.39, 0.29) is 44.8 Å². The van der Waals surface area contributed by atoms with E-state index in [0.29, 0.717) is 0 Å². The third-order valence-corrected chi connectivity index (χ3v) is 5.81. The molecule has 1 aliphatic heterocycles. The molecule has 3 aromatic carbocycles. The van der Waals surface area contributed by atoms with Crippen LogP contribution in [0.25, 0.3) is 6.08 Å². The Kier molecular flexibility index (Phi) is 7.56. The smallest absolute Gasteiger partial charge is 0.337 e. The Bertz CT molecular complexity index is 1460. The summed E-state index contributed by atoms with van der Waals surface area (Å²) in [7, 11) is 1.22. The highest BCUT2D eigenvalue weighted by Crippen LogP contribution is 2.35. The molecule has 0 aliphatic carbocycles. The molecule has 3 aromatic rings. The van der Waals surface area contributed by atoms with E-state index in [1.807, 2.05) is 0 Å². The topological polar surface area (TPSA) is 102 Å². The molecule has 1 N–H and O–H groups in total. The van der Waals surface area contributed by atoms with Gasteiger partial charge in [-0.05, 0) is 48.5 Å². The summed E-state index contributed by atoms with van der Waals surface area (Å²) in [6.07, 6.45) is 1.17. The van der Waals surface area contributed by atoms with Crippen LogP contribution in [0.1, 0.15) is 21.5 Å². The molecular weight excluding hydrogens is 526 g/mol. The van der Waals surface area contributed by atoms with Crippen molar-refractivity contribution in [1.29, 1.82) is 0 Å². The highest BCUT2D eigenvalue weighted by molar-refractivity contribution is 6.40. The minimum Gasteiger partial charge on any atom is -0.487 e. The van der Waals surface area contributed by atoms with Crippen molar-refractivity contribution in [2.75, 3.05) is 12.0 Å². The lowest BCUT2D eigenvalue weighted by Crippen LogP contribution is -2.54. The lowest BCUT2D eigenvalue weighted by molar-refractivity contribution is -0.122. The second kappa shape index (κ2) is 10.8. The maximum absolute atomic E-state index is 14.1. The summed E-state index contributed by atoms with van der Waals surface area (Å²) >= 11 is 12.4. The van der Waals surface area contributed by atoms with Gasteiger partial charge in [-0.2, -0.15) is 0 Å². The third-order valence-electron chi connectivity index (χ3n) is 5.32. The number of amides is 4. The first kappa shape index (κ1) is 25.9. The van der Waals surface area contributed by atoms with E-state index in [1.165, 1.54) is 67.8 Å². The van der Waals surface area contributed by atoms with Crippen LogP contribution < -0.4 is 15.0 Å². The highest BCUT2D eigenvalue weighted by atomic mass is 35.5. The zero-order valence-corrected chi connectivity index (χ0v) is 20.6. The fourth-order valence-electron chi connectivity index (χ4n) is 3.52. The number of carbonyl (C=O) groups is 4. The number of urea groups is 1. The number of rotatable bonds is 6. The molecule has 188 valence electrons. The number of imide groups is 2. The van der Waals surface area contributed by atoms with Crippen molar-refractivity contribution in [3.63, 3.8) is 0 Å². The summed E-state index contributed by atoms with van der Waals surface area (Å²) in [6, 6.07) is 13.3. The van der Waals surface area contributed by atoms with E-state index in [4.69, 9.17) is 27.9 Å². The molecule has 11 heteroatoms. The van der Waals surface area contributed by atoms with E-state index in [2.05, 4.69) is 10.1 Å². The lowest BCUT2D eigenvalue weighted by Gasteiger charge is -2.26. The standard InChI is InChI=1S/C26H17Cl2FN2O6/c1-36-25(34)14-6-8-18(9-7-14)31-24(33)19(23(32)30-26(31)35)11-16-10-17(27)12-20(28)22(16)37-13-15-4-2-3-5-21(15)29/h2-12H,13H2,1H3,(H,30,32,35)/b19-11+. The molecule has 0 bridgehead atoms. The number of hydrogen-bond donors (Lipinski definition) is 1. The maximum Gasteiger partial charge on any atom is 0.337 e. The Hall–Kier alpha value is -4.21. The molecule has 1 heterocycles. The van der Waals surface area contributed by atoms with Gasteiger partial charge in [0.05, 0.1) is 23.4 Å². The van der Waals surface area contributed by atoms with Crippen molar-refractivity contribution in [3.8, 4) is 5.75 Å². The Morgan fingerprint density at radius 1 is 1.05 bits per heavy atom. The Balaban J connectivity index is 1.70. The zero-order chi connectivity index (χ0) is 26.7. The van der Waals surface area contributed by atoms with E-state index in [0.717, 1.165) is 4.90 Å². The summed E-state index contributed by atoms with van der Waals surface area (Å²) in [6.45, 7) is -0.193. The van der Waals surface area contributed by atoms with Gasteiger partial charge < -0.3 is 9.47 Å². The first-order valence-corrected chi connectivity index (χ1v) is 11.4. The molecule has 0 saturated carbocycles. The number of methoxy groups -OCH3 is 1. The van der Waals surface area contributed by atoms with Gasteiger partial charge in [-0.15, -0.1) is 0 Å². The summed E-state index contributed by atoms with van der Waals surface area (Å²) in [5.74, 6) is -2.92. The van der Waals surface area contributed by atoms with Crippen LogP contribution in [0.15, 0.2) is 66.2 Å². The van der Waals surface area contributed by atoms with Gasteiger partial charge >= 0.3 is 12.0 Å². The van der Waals surface area contributed by atoms with E-state index < -0.39 is 35.2 Å². The Morgan fingerprint density at radius 2 is 1.76 bits per heavy atom. The molecule has 1 fully saturated rings. The lowest BCUT2D eigenvalue weighted by atomic mass is 10.1. The first-order chi connectivity index (χ1) is 17.7. The van der Waals surface area contributed by atoms with Crippen LogP contribution >= 0.6 is 23.2 Å². The van der Waals surface area contributed by atoms with Crippen LogP contribution in [0, 0.1) is 5.82 Å². The van der Waals surface area contributed by atoms with Crippen molar-refractivity contribution in [2.45, 2.75) is 6.61 Å². The number of hydrogen-bond acceptors (Lipinski definition) is 6. The quantitative estimate of drug-likeness (QED) is 0.262. The molecule has 8 nitrogen and oxygen atoms in total. The number of barbiturate groups is 1. The molecule has 1 aliphatic rings. The van der Waals surface area contributed by atoms with Crippen LogP contribution in [0.4, 0.5) is 14.9 Å². The third kappa shape index (κ3) is 5.47. The number of nitrogens with zero attached hydrogens (tertiary/aromatic N) is 1. The number of esters is 1. The predicted octanol–water partition coefficient (Wildman–Crippen LogP) is 5.16. The van der Waals surface area contributed by atoms with Crippen molar-refractivity contribution < 1.29 is 33.0 Å². The predicted molar refractivity (Wildman–Crippen MR) is 134 cm³/mol. The number of halogens is 3. The van der Waals surface area contributed by atoms with E-state index in [1.54, 1.807) is 6.07 Å². The summed E-state index contributed by atoms with van der Waals surface area (Å²) in [5, 5.41) is 2.35. The molecule has 4 amide bonds. The molecule has 0 unspecified atom stereocenters. The van der Waals surface area contributed by atoms with Crippen molar-refractivity contribution in [2.24, 2.45) is 0 Å². The van der Waals surface area contributed by atoms with Gasteiger partial charge in [0.25, 0.3) is 11.8 Å². The second-order valence-electron chi connectivity index (χ2n) is 7.68. The average molecular weight is 543 g/mol. The SMILES string of the molecule is COC(=O)c1ccc(N2C(=O)NC(=O)/C(=C\c3cc(Cl)cc(Cl)c3OCc3ccccc3F)C2=O)cc1. The van der Waals surface area contributed by atoms with Crippen LogP contribution in [0.5, 0.6) is 5.75 Å². The number of anilines is 1. The van der Waals surface area contributed by atoms with Crippen LogP contribution in [-0.4, -0.2) is 30.9 Å². The average Bonchev–Trinajstić information content (AvgIpc) is 2.86. The van der Waals surface area contributed by atoms with Gasteiger partial charge in [0, 0.05) is 16.1 Å². The van der Waals surface area contributed by atoms with Gasteiger partial charge in [-0.3, -0.25) is 14.9 Å². The zero-order valence-electron chi connectivity index (χ0n) is 19.1. The second-order valence-corrected chi connectivity index (χ2v) is 8.53. The first-order valence-electron chi connectivity index (χ1n) is 10.6. The molecule has 1 saturated heterocycles. The largest absolute Gasteiger partial charge is 0.487 e. The van der Waals surface area contributed by atoms with Crippen LogP contribution in [-0.2, 0) is 20.9 Å². The molecule has 0 aromatic heterocycles.